The van der Waals surface area contributed by atoms with Crippen LogP contribution in [0.5, 0.6) is 51.7 Å². The smallest absolute Gasteiger partial charge is 0.257 e. The van der Waals surface area contributed by atoms with Gasteiger partial charge in [0.15, 0.2) is 46.9 Å². The zero-order valence-electron chi connectivity index (χ0n) is 61.5. The topological polar surface area (TPSA) is 412 Å². The fourth-order valence-corrected chi connectivity index (χ4v) is 11.7. The van der Waals surface area contributed by atoms with E-state index in [9.17, 15) is 49.9 Å². The van der Waals surface area contributed by atoms with Gasteiger partial charge in [-0.25, -0.2) is 25.3 Å². The van der Waals surface area contributed by atoms with E-state index in [4.69, 9.17) is 34.5 Å². The van der Waals surface area contributed by atoms with Crippen LogP contribution in [0.2, 0.25) is 0 Å². The molecule has 0 aliphatic heterocycles. The maximum absolute atomic E-state index is 13.1. The van der Waals surface area contributed by atoms with Gasteiger partial charge in [-0.1, -0.05) is 18.2 Å². The number of carbonyl (C=O) groups is 3. The molecule has 12 rings (SSSR count). The first-order valence-corrected chi connectivity index (χ1v) is 39.3. The van der Waals surface area contributed by atoms with Crippen LogP contribution in [-0.2, 0) is 58.6 Å². The Morgan fingerprint density at radius 1 is 0.450 bits per heavy atom. The molecule has 6 aromatic carbocycles. The standard InChI is InChI=1S/C27H28N4O6S.C23H20N4O5S.C15H14O5S.C9H10N4.C4H10O2/c1-19(18-35-2)36-23-13-21(14-24(15-23)37-22-6-8-25(9-7-22)38(3,33)34)27(32)29-26-10-12-31(30-26)17-20-5-4-11-28-16-20;1-33(30,31)21-6-4-19(5-7-21)32-20-12-17(11-18(28)13-20)23(29)25-22-8-10-27(26-22)15-16-3-2-9-24-14-16;1-10(16)11-7-12(17)9-14(8-11)20-13-3-5-15(6-4-13)21(2,18)19;10-9-3-5-13(12-9)7-8-2-1-4-11-6-8;1-4(5)3-6-2/h4-16,19H,17-18H2,1-3H3,(H,29,30,32);2-14,28H,15H2,1H3,(H,25,26,29);3-9,17H,1-2H3;1-6H,7H2,(H2,10,12);4-5H,3H2,1-2H3/t19-;;;;/m0..../s1. The Labute approximate surface area is 641 Å². The first kappa shape index (κ1) is 84.0. The zero-order valence-corrected chi connectivity index (χ0v) is 63.9. The number of nitrogens with zero attached hydrogens (tertiary/aromatic N) is 9. The second-order valence-electron chi connectivity index (χ2n) is 24.6. The lowest BCUT2D eigenvalue weighted by Gasteiger charge is -2.16. The highest BCUT2D eigenvalue weighted by Crippen LogP contribution is 2.32. The van der Waals surface area contributed by atoms with Crippen LogP contribution in [0.1, 0.15) is 68.5 Å². The van der Waals surface area contributed by atoms with Crippen molar-refractivity contribution in [3.63, 3.8) is 0 Å². The molecule has 111 heavy (non-hydrogen) atoms. The molecule has 0 aliphatic rings. The number of aliphatic hydroxyl groups is 1. The van der Waals surface area contributed by atoms with E-state index in [1.54, 1.807) is 127 Å². The maximum Gasteiger partial charge on any atom is 0.257 e. The Hall–Kier alpha value is -12.7. The number of phenols is 2. The number of rotatable bonds is 26. The van der Waals surface area contributed by atoms with Gasteiger partial charge in [-0.05, 0) is 171 Å². The number of Topliss-reactive ketones (excluding diaryl/α,β-unsaturated/α-hetero) is 1. The number of anilines is 3. The number of hydrogen-bond acceptors (Lipinski definition) is 25. The number of amides is 2. The van der Waals surface area contributed by atoms with Crippen LogP contribution in [0.25, 0.3) is 0 Å². The first-order chi connectivity index (χ1) is 52.8. The lowest BCUT2D eigenvalue weighted by atomic mass is 10.1. The molecule has 0 spiro atoms. The number of ketones is 1. The van der Waals surface area contributed by atoms with Crippen molar-refractivity contribution in [2.24, 2.45) is 0 Å². The fraction of sp³-hybridized carbons (Fsp3) is 0.192. The highest BCUT2D eigenvalue weighted by atomic mass is 32.2. The molecular weight excluding hydrogens is 1490 g/mol. The van der Waals surface area contributed by atoms with Crippen molar-refractivity contribution in [1.82, 2.24) is 44.3 Å². The van der Waals surface area contributed by atoms with E-state index in [0.717, 1.165) is 35.5 Å². The van der Waals surface area contributed by atoms with Crippen molar-refractivity contribution >= 4 is 64.6 Å². The number of phenolic OH excluding ortho intramolecular Hbond substituents is 2. The van der Waals surface area contributed by atoms with Crippen molar-refractivity contribution in [3.05, 3.63) is 271 Å². The monoisotopic (exact) mass is 1570 g/mol. The summed E-state index contributed by atoms with van der Waals surface area (Å²) < 4.78 is 107. The summed E-state index contributed by atoms with van der Waals surface area (Å²) in [4.78, 5) is 49.9. The minimum absolute atomic E-state index is 0.0783. The summed E-state index contributed by atoms with van der Waals surface area (Å²) in [6, 6.07) is 47.5. The third kappa shape index (κ3) is 28.5. The minimum atomic E-state index is -3.33. The van der Waals surface area contributed by atoms with Gasteiger partial charge in [-0.3, -0.25) is 43.4 Å². The molecule has 0 bridgehead atoms. The summed E-state index contributed by atoms with van der Waals surface area (Å²) >= 11 is 0. The molecule has 6 heterocycles. The molecule has 580 valence electrons. The average molecular weight is 1570 g/mol. The maximum atomic E-state index is 13.1. The second kappa shape index (κ2) is 40.0. The molecule has 2 amide bonds. The normalized spacial score (nSPS) is 11.5. The van der Waals surface area contributed by atoms with Gasteiger partial charge < -0.3 is 60.1 Å². The van der Waals surface area contributed by atoms with E-state index < -0.39 is 41.3 Å². The number of nitrogens with two attached hydrogens (primary N) is 1. The van der Waals surface area contributed by atoms with Crippen LogP contribution in [0.4, 0.5) is 17.5 Å². The van der Waals surface area contributed by atoms with Crippen molar-refractivity contribution in [3.8, 4) is 51.7 Å². The number of ether oxygens (including phenoxy) is 6. The molecule has 0 saturated heterocycles. The number of methoxy groups -OCH3 is 2. The number of carbonyl (C=O) groups excluding carboxylic acids is 3. The molecule has 0 aliphatic carbocycles. The van der Waals surface area contributed by atoms with Gasteiger partial charge in [-0.2, -0.15) is 15.3 Å². The van der Waals surface area contributed by atoms with E-state index in [2.05, 4.69) is 45.6 Å². The molecule has 6 aromatic heterocycles. The Morgan fingerprint density at radius 2 is 0.802 bits per heavy atom. The lowest BCUT2D eigenvalue weighted by Crippen LogP contribution is -2.18. The third-order valence-electron chi connectivity index (χ3n) is 14.8. The lowest BCUT2D eigenvalue weighted by molar-refractivity contribution is 0.0765. The Bertz CT molecular complexity index is 5390. The number of pyridine rings is 3. The van der Waals surface area contributed by atoms with Gasteiger partial charge in [0, 0.05) is 136 Å². The molecule has 33 heteroatoms. The summed E-state index contributed by atoms with van der Waals surface area (Å²) in [7, 11) is -6.78. The molecule has 1 unspecified atom stereocenters. The Morgan fingerprint density at radius 3 is 1.14 bits per heavy atom. The summed E-state index contributed by atoms with van der Waals surface area (Å²) in [5.74, 6) is 2.40. The molecule has 12 aromatic rings. The summed E-state index contributed by atoms with van der Waals surface area (Å²) in [5.41, 5.74) is 9.34. The molecule has 30 nitrogen and oxygen atoms in total. The third-order valence-corrected chi connectivity index (χ3v) is 18.2. The van der Waals surface area contributed by atoms with Crippen LogP contribution in [0.3, 0.4) is 0 Å². The predicted molar refractivity (Wildman–Crippen MR) is 414 cm³/mol. The number of sulfone groups is 3. The number of aromatic nitrogens is 9. The van der Waals surface area contributed by atoms with E-state index in [1.165, 1.54) is 104 Å². The van der Waals surface area contributed by atoms with Crippen LogP contribution in [0.15, 0.2) is 252 Å². The number of nitrogens with one attached hydrogen (secondary N) is 2. The van der Waals surface area contributed by atoms with E-state index >= 15 is 0 Å². The van der Waals surface area contributed by atoms with Crippen molar-refractivity contribution < 1.29 is 83.4 Å². The van der Waals surface area contributed by atoms with E-state index in [-0.39, 0.29) is 61.1 Å². The number of nitrogen functional groups attached to an aromatic ring is 1. The SMILES string of the molecule is CC(=O)c1cc(O)cc(Oc2ccc(S(C)(=O)=O)cc2)c1.COCC(C)O.COC[C@H](C)Oc1cc(Oc2ccc(S(C)(=O)=O)cc2)cc(C(=O)Nc2ccn(Cc3cccnc3)n2)c1.CS(=O)(=O)c1ccc(Oc2cc(O)cc(C(=O)Nc3ccn(Cc4cccnc4)n3)c2)cc1.Nc1ccn(Cc2cccnc2)n1. The van der Waals surface area contributed by atoms with Gasteiger partial charge in [0.2, 0.25) is 0 Å². The van der Waals surface area contributed by atoms with Gasteiger partial charge >= 0.3 is 0 Å². The Kier molecular flexibility index (Phi) is 30.2. The van der Waals surface area contributed by atoms with E-state index in [1.807, 2.05) is 55.7 Å². The minimum Gasteiger partial charge on any atom is -0.508 e. The van der Waals surface area contributed by atoms with Crippen LogP contribution in [-0.4, -0.2) is 161 Å². The second-order valence-corrected chi connectivity index (χ2v) is 30.7. The van der Waals surface area contributed by atoms with Gasteiger partial charge in [0.05, 0.1) is 53.6 Å². The molecular formula is C78H82N12O18S3. The predicted octanol–water partition coefficient (Wildman–Crippen LogP) is 11.4. The number of benzene rings is 6. The molecule has 0 radical (unpaired) electrons. The average Bonchev–Trinajstić information content (AvgIpc) is 1.78. The van der Waals surface area contributed by atoms with Gasteiger partial charge in [0.25, 0.3) is 11.8 Å². The van der Waals surface area contributed by atoms with Crippen LogP contribution >= 0.6 is 0 Å². The largest absolute Gasteiger partial charge is 0.508 e. The Balaban J connectivity index is 0.000000191. The summed E-state index contributed by atoms with van der Waals surface area (Å²) in [6.45, 7) is 7.43. The number of hydrogen-bond donors (Lipinski definition) is 6. The molecule has 0 saturated carbocycles. The number of aliphatic hydroxyl groups excluding tert-OH is 1. The molecule has 7 N–H and O–H groups in total. The van der Waals surface area contributed by atoms with Crippen molar-refractivity contribution in [2.75, 3.05) is 62.6 Å². The van der Waals surface area contributed by atoms with Gasteiger partial charge in [-0.15, -0.1) is 0 Å². The van der Waals surface area contributed by atoms with Crippen molar-refractivity contribution in [1.29, 1.82) is 0 Å². The van der Waals surface area contributed by atoms with Gasteiger partial charge in [0.1, 0.15) is 63.7 Å². The highest BCUT2D eigenvalue weighted by Gasteiger charge is 2.18. The summed E-state index contributed by atoms with van der Waals surface area (Å²) in [5, 5.41) is 46.3. The van der Waals surface area contributed by atoms with E-state index in [0.29, 0.717) is 90.4 Å². The zero-order chi connectivity index (χ0) is 80.3. The fourth-order valence-electron chi connectivity index (χ4n) is 9.78. The van der Waals surface area contributed by atoms with Crippen LogP contribution in [0, 0.1) is 0 Å². The first-order valence-electron chi connectivity index (χ1n) is 33.6. The quantitative estimate of drug-likeness (QED) is 0.0274. The molecule has 0 fully saturated rings. The number of aromatic hydroxyl groups is 2. The van der Waals surface area contributed by atoms with Crippen LogP contribution < -0.4 is 35.3 Å². The summed E-state index contributed by atoms with van der Waals surface area (Å²) in [6.07, 6.45) is 18.6. The molecule has 2 atom stereocenters. The highest BCUT2D eigenvalue weighted by molar-refractivity contribution is 7.91. The van der Waals surface area contributed by atoms with Crippen molar-refractivity contribution in [2.45, 2.75) is 67.3 Å².